The highest BCUT2D eigenvalue weighted by molar-refractivity contribution is 4.73. The second kappa shape index (κ2) is 5.52. The van der Waals surface area contributed by atoms with Gasteiger partial charge in [-0.05, 0) is 25.8 Å². The lowest BCUT2D eigenvalue weighted by atomic mass is 10.2. The maximum absolute atomic E-state index is 8.46. The summed E-state index contributed by atoms with van der Waals surface area (Å²) in [5.41, 5.74) is 0. The van der Waals surface area contributed by atoms with Crippen molar-refractivity contribution in [1.29, 1.82) is 0 Å². The lowest BCUT2D eigenvalue weighted by Gasteiger charge is -2.09. The SMILES string of the molecule is OCCCOCC1CCCN1. The van der Waals surface area contributed by atoms with Gasteiger partial charge in [0.1, 0.15) is 0 Å². The molecule has 0 aromatic carbocycles. The fraction of sp³-hybridized carbons (Fsp3) is 1.00. The van der Waals surface area contributed by atoms with Gasteiger partial charge in [-0.25, -0.2) is 0 Å². The Hall–Kier alpha value is -0.120. The molecule has 0 spiro atoms. The van der Waals surface area contributed by atoms with E-state index in [2.05, 4.69) is 5.32 Å². The molecule has 1 unspecified atom stereocenters. The van der Waals surface area contributed by atoms with Gasteiger partial charge in [-0.2, -0.15) is 0 Å². The van der Waals surface area contributed by atoms with Crippen molar-refractivity contribution in [2.75, 3.05) is 26.4 Å². The first-order chi connectivity index (χ1) is 5.43. The van der Waals surface area contributed by atoms with Gasteiger partial charge in [-0.3, -0.25) is 0 Å². The van der Waals surface area contributed by atoms with Crippen LogP contribution < -0.4 is 5.32 Å². The molecule has 0 bridgehead atoms. The minimum atomic E-state index is 0.234. The molecule has 1 heterocycles. The van der Waals surface area contributed by atoms with Gasteiger partial charge in [0.25, 0.3) is 0 Å². The molecule has 3 heteroatoms. The average molecular weight is 159 g/mol. The fourth-order valence-corrected chi connectivity index (χ4v) is 1.29. The number of rotatable bonds is 5. The molecular weight excluding hydrogens is 142 g/mol. The van der Waals surface area contributed by atoms with Crippen LogP contribution in [0, 0.1) is 0 Å². The van der Waals surface area contributed by atoms with Crippen LogP contribution in [0.4, 0.5) is 0 Å². The molecule has 0 amide bonds. The van der Waals surface area contributed by atoms with Gasteiger partial charge in [0.2, 0.25) is 0 Å². The van der Waals surface area contributed by atoms with Crippen molar-refractivity contribution in [2.24, 2.45) is 0 Å². The molecule has 1 aliphatic heterocycles. The van der Waals surface area contributed by atoms with Gasteiger partial charge in [0, 0.05) is 19.3 Å². The fourth-order valence-electron chi connectivity index (χ4n) is 1.29. The Morgan fingerprint density at radius 1 is 1.55 bits per heavy atom. The van der Waals surface area contributed by atoms with Gasteiger partial charge in [0.05, 0.1) is 6.61 Å². The maximum Gasteiger partial charge on any atom is 0.0619 e. The van der Waals surface area contributed by atoms with Crippen molar-refractivity contribution >= 4 is 0 Å². The topological polar surface area (TPSA) is 41.5 Å². The molecule has 3 nitrogen and oxygen atoms in total. The third-order valence-electron chi connectivity index (χ3n) is 1.93. The van der Waals surface area contributed by atoms with E-state index in [1.165, 1.54) is 12.8 Å². The molecule has 1 aliphatic rings. The Kier molecular flexibility index (Phi) is 4.50. The Morgan fingerprint density at radius 2 is 2.45 bits per heavy atom. The van der Waals surface area contributed by atoms with E-state index in [4.69, 9.17) is 9.84 Å². The second-order valence-electron chi connectivity index (χ2n) is 2.95. The van der Waals surface area contributed by atoms with E-state index in [1.807, 2.05) is 0 Å². The van der Waals surface area contributed by atoms with Crippen molar-refractivity contribution in [2.45, 2.75) is 25.3 Å². The first kappa shape index (κ1) is 8.97. The molecule has 0 radical (unpaired) electrons. The molecule has 0 aliphatic carbocycles. The van der Waals surface area contributed by atoms with E-state index in [0.29, 0.717) is 12.6 Å². The van der Waals surface area contributed by atoms with Gasteiger partial charge >= 0.3 is 0 Å². The predicted molar refractivity (Wildman–Crippen MR) is 43.5 cm³/mol. The lowest BCUT2D eigenvalue weighted by Crippen LogP contribution is -2.26. The minimum absolute atomic E-state index is 0.234. The molecule has 1 fully saturated rings. The summed E-state index contributed by atoms with van der Waals surface area (Å²) >= 11 is 0. The Balaban J connectivity index is 1.86. The summed E-state index contributed by atoms with van der Waals surface area (Å²) in [5.74, 6) is 0. The first-order valence-electron chi connectivity index (χ1n) is 4.35. The zero-order chi connectivity index (χ0) is 7.94. The van der Waals surface area contributed by atoms with Crippen LogP contribution in [0.3, 0.4) is 0 Å². The van der Waals surface area contributed by atoms with Crippen LogP contribution in [0.25, 0.3) is 0 Å². The summed E-state index contributed by atoms with van der Waals surface area (Å²) in [7, 11) is 0. The summed E-state index contributed by atoms with van der Waals surface area (Å²) < 4.78 is 5.34. The maximum atomic E-state index is 8.46. The summed E-state index contributed by atoms with van der Waals surface area (Å²) in [6.45, 7) is 2.86. The van der Waals surface area contributed by atoms with Crippen LogP contribution in [0.15, 0.2) is 0 Å². The van der Waals surface area contributed by atoms with E-state index >= 15 is 0 Å². The minimum Gasteiger partial charge on any atom is -0.396 e. The van der Waals surface area contributed by atoms with Gasteiger partial charge in [-0.1, -0.05) is 0 Å². The number of ether oxygens (including phenoxy) is 1. The Labute approximate surface area is 67.7 Å². The van der Waals surface area contributed by atoms with E-state index in [-0.39, 0.29) is 6.61 Å². The monoisotopic (exact) mass is 159 g/mol. The average Bonchev–Trinajstić information content (AvgIpc) is 2.50. The number of hydrogen-bond acceptors (Lipinski definition) is 3. The molecule has 66 valence electrons. The summed E-state index contributed by atoms with van der Waals surface area (Å²) in [6, 6.07) is 0.564. The summed E-state index contributed by atoms with van der Waals surface area (Å²) in [6.07, 6.45) is 3.26. The smallest absolute Gasteiger partial charge is 0.0619 e. The molecule has 1 atom stereocenters. The Morgan fingerprint density at radius 3 is 3.09 bits per heavy atom. The largest absolute Gasteiger partial charge is 0.396 e. The quantitative estimate of drug-likeness (QED) is 0.561. The predicted octanol–water partition coefficient (Wildman–Crippen LogP) is 0.137. The van der Waals surface area contributed by atoms with Crippen LogP contribution in [0.2, 0.25) is 0 Å². The van der Waals surface area contributed by atoms with E-state index in [0.717, 1.165) is 19.6 Å². The van der Waals surface area contributed by atoms with Gasteiger partial charge in [-0.15, -0.1) is 0 Å². The molecule has 0 aromatic heterocycles. The van der Waals surface area contributed by atoms with Crippen LogP contribution in [-0.2, 0) is 4.74 Å². The second-order valence-corrected chi connectivity index (χ2v) is 2.95. The Bertz CT molecular complexity index is 92.1. The third-order valence-corrected chi connectivity index (χ3v) is 1.93. The normalized spacial score (nSPS) is 24.3. The van der Waals surface area contributed by atoms with E-state index in [9.17, 15) is 0 Å². The highest BCUT2D eigenvalue weighted by atomic mass is 16.5. The molecule has 11 heavy (non-hydrogen) atoms. The van der Waals surface area contributed by atoms with Crippen molar-refractivity contribution < 1.29 is 9.84 Å². The van der Waals surface area contributed by atoms with Crippen molar-refractivity contribution in [3.63, 3.8) is 0 Å². The van der Waals surface area contributed by atoms with Crippen LogP contribution in [0.1, 0.15) is 19.3 Å². The molecule has 2 N–H and O–H groups in total. The molecular formula is C8H17NO2. The van der Waals surface area contributed by atoms with Crippen molar-refractivity contribution in [3.8, 4) is 0 Å². The van der Waals surface area contributed by atoms with Gasteiger partial charge < -0.3 is 15.2 Å². The molecule has 1 rings (SSSR count). The lowest BCUT2D eigenvalue weighted by molar-refractivity contribution is 0.101. The van der Waals surface area contributed by atoms with E-state index in [1.54, 1.807) is 0 Å². The molecule has 0 aromatic rings. The van der Waals surface area contributed by atoms with Crippen molar-refractivity contribution in [1.82, 2.24) is 5.32 Å². The molecule has 0 saturated carbocycles. The van der Waals surface area contributed by atoms with Crippen LogP contribution >= 0.6 is 0 Å². The molecule has 1 saturated heterocycles. The van der Waals surface area contributed by atoms with E-state index < -0.39 is 0 Å². The van der Waals surface area contributed by atoms with Crippen LogP contribution in [-0.4, -0.2) is 37.5 Å². The van der Waals surface area contributed by atoms with Crippen molar-refractivity contribution in [3.05, 3.63) is 0 Å². The summed E-state index contributed by atoms with van der Waals surface area (Å²) in [5, 5.41) is 11.8. The number of nitrogens with one attached hydrogen (secondary N) is 1. The highest BCUT2D eigenvalue weighted by Crippen LogP contribution is 2.04. The number of aliphatic hydroxyl groups is 1. The zero-order valence-electron chi connectivity index (χ0n) is 6.88. The third kappa shape index (κ3) is 3.70. The zero-order valence-corrected chi connectivity index (χ0v) is 6.88. The number of aliphatic hydroxyl groups excluding tert-OH is 1. The standard InChI is InChI=1S/C8H17NO2/c10-5-2-6-11-7-8-3-1-4-9-8/h8-10H,1-7H2. The van der Waals surface area contributed by atoms with Crippen LogP contribution in [0.5, 0.6) is 0 Å². The van der Waals surface area contributed by atoms with Gasteiger partial charge in [0.15, 0.2) is 0 Å². The summed E-state index contributed by atoms with van der Waals surface area (Å²) in [4.78, 5) is 0. The first-order valence-corrected chi connectivity index (χ1v) is 4.35. The number of hydrogen-bond donors (Lipinski definition) is 2. The highest BCUT2D eigenvalue weighted by Gasteiger charge is 2.12.